The van der Waals surface area contributed by atoms with E-state index in [0.29, 0.717) is 0 Å². The molecule has 0 spiro atoms. The van der Waals surface area contributed by atoms with Crippen LogP contribution in [0.1, 0.15) is 19.4 Å². The summed E-state index contributed by atoms with van der Waals surface area (Å²) in [5, 5.41) is 102. The van der Waals surface area contributed by atoms with Crippen molar-refractivity contribution in [3.05, 3.63) is 46.0 Å². The number of hydrogen-bond donors (Lipinski definition) is 11. The molecule has 2 amide bonds. The molecule has 21 heteroatoms. The SMILES string of the molecule is CC(=O)N[C@H]1[C@H](O[C@H]2[C@@H](CO)O[C@](O[C@@H]([C@H](O)[C@@H](N)C=O)[C@H](O)CO)(c3ccccc3)[C@H](NC(C)=O)[C@]2(O)[N+](=O)[O-])O[C@H](CO)[C@@H](O)[C@@H]1O. The van der Waals surface area contributed by atoms with Crippen LogP contribution in [0, 0.1) is 10.1 Å². The maximum absolute atomic E-state index is 13.0. The number of nitro groups is 1. The number of rotatable bonds is 15. The minimum Gasteiger partial charge on any atom is -0.394 e. The first-order chi connectivity index (χ1) is 23.0. The van der Waals surface area contributed by atoms with E-state index >= 15 is 0 Å². The summed E-state index contributed by atoms with van der Waals surface area (Å²) >= 11 is 0. The zero-order chi connectivity index (χ0) is 36.8. The lowest BCUT2D eigenvalue weighted by molar-refractivity contribution is -0.668. The monoisotopic (exact) mass is 706 g/mol. The molecule has 0 saturated carbocycles. The predicted molar refractivity (Wildman–Crippen MR) is 158 cm³/mol. The largest absolute Gasteiger partial charge is 0.394 e. The van der Waals surface area contributed by atoms with Gasteiger partial charge in [0.2, 0.25) is 17.6 Å². The number of aliphatic hydroxyl groups is 8. The van der Waals surface area contributed by atoms with Gasteiger partial charge in [0, 0.05) is 19.4 Å². The summed E-state index contributed by atoms with van der Waals surface area (Å²) < 4.78 is 23.4. The van der Waals surface area contributed by atoms with Crippen molar-refractivity contribution in [1.29, 1.82) is 0 Å². The van der Waals surface area contributed by atoms with Crippen molar-refractivity contribution in [2.24, 2.45) is 5.73 Å². The van der Waals surface area contributed by atoms with E-state index in [-0.39, 0.29) is 11.8 Å². The maximum Gasteiger partial charge on any atom is 0.377 e. The molecular weight excluding hydrogens is 664 g/mol. The Kier molecular flexibility index (Phi) is 13.6. The van der Waals surface area contributed by atoms with Gasteiger partial charge in [-0.15, -0.1) is 0 Å². The van der Waals surface area contributed by atoms with E-state index in [4.69, 9.17) is 24.7 Å². The molecule has 2 fully saturated rings. The minimum absolute atomic E-state index is 0.0712. The number of benzene rings is 1. The molecule has 21 nitrogen and oxygen atoms in total. The van der Waals surface area contributed by atoms with E-state index in [1.165, 1.54) is 30.3 Å². The fourth-order valence-corrected chi connectivity index (χ4v) is 5.79. The predicted octanol–water partition coefficient (Wildman–Crippen LogP) is -6.35. The molecule has 2 aliphatic rings. The summed E-state index contributed by atoms with van der Waals surface area (Å²) in [5.74, 6) is -4.74. The van der Waals surface area contributed by atoms with Crippen molar-refractivity contribution in [1.82, 2.24) is 10.6 Å². The summed E-state index contributed by atoms with van der Waals surface area (Å²) in [6, 6.07) is 0.748. The lowest BCUT2D eigenvalue weighted by atomic mass is 9.80. The third-order valence-corrected chi connectivity index (χ3v) is 8.18. The first kappa shape index (κ1) is 40.1. The van der Waals surface area contributed by atoms with Crippen molar-refractivity contribution in [2.75, 3.05) is 19.8 Å². The average molecular weight is 707 g/mol. The standard InChI is InChI=1S/C28H42N4O17/c1-12(37)30-19-22(42)21(41)17(10-35)46-25(19)47-24-18(11-36)48-28(14-6-4-3-5-7-14,26(31-13(2)38)27(24,43)32(44)45)49-23(16(39)9-34)20(40)15(29)8-33/h3-8,15-26,34-36,39-43H,9-11,29H2,1-2H3,(H,30,37)(H,31,38)/t15-,16+,17+,18+,19+,20+,21+,22+,23+,24-,25-,26+,27-,28-/m0/s1. The Balaban J connectivity index is 2.31. The second kappa shape index (κ2) is 16.6. The van der Waals surface area contributed by atoms with Gasteiger partial charge in [0.1, 0.15) is 55.1 Å². The van der Waals surface area contributed by atoms with Gasteiger partial charge in [0.05, 0.1) is 30.8 Å². The van der Waals surface area contributed by atoms with Gasteiger partial charge < -0.3 is 81.0 Å². The number of nitrogens with one attached hydrogen (secondary N) is 2. The van der Waals surface area contributed by atoms with Gasteiger partial charge in [-0.1, -0.05) is 30.3 Å². The van der Waals surface area contributed by atoms with Gasteiger partial charge in [-0.3, -0.25) is 19.7 Å². The van der Waals surface area contributed by atoms with Crippen molar-refractivity contribution in [3.63, 3.8) is 0 Å². The zero-order valence-electron chi connectivity index (χ0n) is 26.3. The smallest absolute Gasteiger partial charge is 0.377 e. The molecule has 1 aromatic carbocycles. The van der Waals surface area contributed by atoms with E-state index < -0.39 is 121 Å². The summed E-state index contributed by atoms with van der Waals surface area (Å²) in [6.45, 7) is -1.39. The van der Waals surface area contributed by atoms with Crippen LogP contribution in [-0.2, 0) is 39.1 Å². The minimum atomic E-state index is -3.67. The highest BCUT2D eigenvalue weighted by Gasteiger charge is 2.74. The van der Waals surface area contributed by atoms with Crippen molar-refractivity contribution >= 4 is 18.1 Å². The van der Waals surface area contributed by atoms with Crippen LogP contribution in [0.2, 0.25) is 0 Å². The van der Waals surface area contributed by atoms with Crippen LogP contribution >= 0.6 is 0 Å². The summed E-state index contributed by atoms with van der Waals surface area (Å²) in [5.41, 5.74) is 1.76. The molecule has 0 aromatic heterocycles. The fourth-order valence-electron chi connectivity index (χ4n) is 5.79. The quantitative estimate of drug-likeness (QED) is 0.0349. The Morgan fingerprint density at radius 2 is 1.65 bits per heavy atom. The van der Waals surface area contributed by atoms with Crippen LogP contribution in [0.4, 0.5) is 0 Å². The number of hydrogen-bond acceptors (Lipinski definition) is 18. The van der Waals surface area contributed by atoms with Crippen LogP contribution in [-0.4, -0.2) is 163 Å². The third kappa shape index (κ3) is 8.04. The highest BCUT2D eigenvalue weighted by molar-refractivity contribution is 5.74. The molecular formula is C28H42N4O17. The molecule has 49 heavy (non-hydrogen) atoms. The number of nitrogens with two attached hydrogens (primary N) is 1. The van der Waals surface area contributed by atoms with Gasteiger partial charge in [0.15, 0.2) is 18.4 Å². The van der Waals surface area contributed by atoms with Gasteiger partial charge >= 0.3 is 5.72 Å². The van der Waals surface area contributed by atoms with Crippen molar-refractivity contribution in [2.45, 2.75) is 98.6 Å². The Labute approximate surface area is 278 Å². The second-order valence-corrected chi connectivity index (χ2v) is 11.6. The number of carbonyl (C=O) groups excluding carboxylic acids is 3. The molecule has 0 aliphatic carbocycles. The zero-order valence-corrected chi connectivity index (χ0v) is 26.3. The average Bonchev–Trinajstić information content (AvgIpc) is 3.08. The van der Waals surface area contributed by atoms with Crippen LogP contribution in [0.15, 0.2) is 30.3 Å². The Morgan fingerprint density at radius 1 is 1.06 bits per heavy atom. The van der Waals surface area contributed by atoms with E-state index in [1.54, 1.807) is 0 Å². The summed E-state index contributed by atoms with van der Waals surface area (Å²) in [6.07, 6.45) is -18.1. The summed E-state index contributed by atoms with van der Waals surface area (Å²) in [4.78, 5) is 47.9. The molecule has 1 aromatic rings. The van der Waals surface area contributed by atoms with Gasteiger partial charge in [0.25, 0.3) is 0 Å². The Morgan fingerprint density at radius 3 is 2.14 bits per heavy atom. The first-order valence-corrected chi connectivity index (χ1v) is 14.9. The van der Waals surface area contributed by atoms with E-state index in [2.05, 4.69) is 10.6 Å². The molecule has 14 atom stereocenters. The van der Waals surface area contributed by atoms with Crippen molar-refractivity contribution < 1.29 is 79.1 Å². The summed E-state index contributed by atoms with van der Waals surface area (Å²) in [7, 11) is 0. The molecule has 12 N–H and O–H groups in total. The molecule has 0 unspecified atom stereocenters. The molecule has 0 bridgehead atoms. The normalized spacial score (nSPS) is 35.7. The van der Waals surface area contributed by atoms with Crippen LogP contribution in [0.3, 0.4) is 0 Å². The number of aliphatic hydroxyl groups excluding tert-OH is 7. The highest BCUT2D eigenvalue weighted by Crippen LogP contribution is 2.47. The number of carbonyl (C=O) groups is 3. The van der Waals surface area contributed by atoms with Crippen LogP contribution in [0.25, 0.3) is 0 Å². The molecule has 276 valence electrons. The first-order valence-electron chi connectivity index (χ1n) is 14.9. The third-order valence-electron chi connectivity index (χ3n) is 8.18. The van der Waals surface area contributed by atoms with E-state index in [9.17, 15) is 65.4 Å². The van der Waals surface area contributed by atoms with E-state index in [0.717, 1.165) is 13.8 Å². The van der Waals surface area contributed by atoms with E-state index in [1.807, 2.05) is 0 Å². The highest BCUT2D eigenvalue weighted by atomic mass is 16.8. The van der Waals surface area contributed by atoms with Gasteiger partial charge in [-0.05, 0) is 0 Å². The Bertz CT molecular complexity index is 1300. The van der Waals surface area contributed by atoms with Crippen LogP contribution in [0.5, 0.6) is 0 Å². The number of aldehydes is 1. The van der Waals surface area contributed by atoms with Gasteiger partial charge in [-0.25, -0.2) is 0 Å². The maximum atomic E-state index is 13.0. The van der Waals surface area contributed by atoms with Crippen LogP contribution < -0.4 is 16.4 Å². The Hall–Kier alpha value is -3.29. The second-order valence-electron chi connectivity index (χ2n) is 11.6. The molecule has 3 rings (SSSR count). The molecule has 2 heterocycles. The number of nitrogens with zero attached hydrogens (tertiary/aromatic N) is 1. The fraction of sp³-hybridized carbons (Fsp3) is 0.679. The topological polar surface area (TPSA) is 343 Å². The molecule has 2 aliphatic heterocycles. The number of ether oxygens (including phenoxy) is 4. The lowest BCUT2D eigenvalue weighted by Gasteiger charge is -2.54. The molecule has 2 saturated heterocycles. The lowest BCUT2D eigenvalue weighted by Crippen LogP contribution is -2.80. The number of amides is 2. The molecule has 0 radical (unpaired) electrons. The van der Waals surface area contributed by atoms with Crippen molar-refractivity contribution in [3.8, 4) is 0 Å². The van der Waals surface area contributed by atoms with Gasteiger partial charge in [-0.2, -0.15) is 0 Å².